The maximum absolute atomic E-state index is 4.78. The fourth-order valence-electron chi connectivity index (χ4n) is 6.01. The number of hydrogen-bond donors (Lipinski definition) is 0. The normalized spacial score (nSPS) is 20.3. The molecule has 4 heterocycles. The zero-order valence-electron chi connectivity index (χ0n) is 21.0. The van der Waals surface area contributed by atoms with Crippen LogP contribution in [0.25, 0.3) is 21.3 Å². The van der Waals surface area contributed by atoms with E-state index in [1.165, 1.54) is 68.3 Å². The van der Waals surface area contributed by atoms with Crippen LogP contribution in [0.15, 0.2) is 42.0 Å². The molecule has 1 atom stereocenters. The van der Waals surface area contributed by atoms with Gasteiger partial charge in [-0.1, -0.05) is 30.3 Å². The molecule has 0 N–H and O–H groups in total. The molecule has 5 rings (SSSR count). The lowest BCUT2D eigenvalue weighted by Gasteiger charge is -2.35. The van der Waals surface area contributed by atoms with Crippen molar-refractivity contribution in [1.29, 1.82) is 0 Å². The van der Waals surface area contributed by atoms with Gasteiger partial charge in [0.25, 0.3) is 0 Å². The van der Waals surface area contributed by atoms with Gasteiger partial charge in [-0.05, 0) is 77.6 Å². The highest BCUT2D eigenvalue weighted by atomic mass is 32.1. The van der Waals surface area contributed by atoms with Crippen LogP contribution in [0.3, 0.4) is 0 Å². The Hall–Kier alpha value is -2.02. The van der Waals surface area contributed by atoms with Gasteiger partial charge in [-0.15, -0.1) is 11.3 Å². The first kappa shape index (κ1) is 23.7. The van der Waals surface area contributed by atoms with Crippen LogP contribution in [0.4, 0.5) is 5.82 Å². The molecule has 3 aromatic rings. The number of thiophene rings is 1. The SMILES string of the molecule is CC(C)N1CCCC1CCN(C)CC1CCN(c2ncnc3scc(-c4ccccc4)c23)CC1. The Bertz CT molecular complexity index is 1060. The monoisotopic (exact) mass is 477 g/mol. The van der Waals surface area contributed by atoms with Crippen molar-refractivity contribution in [3.63, 3.8) is 0 Å². The fourth-order valence-corrected chi connectivity index (χ4v) is 6.92. The van der Waals surface area contributed by atoms with Crippen LogP contribution in [-0.4, -0.2) is 71.6 Å². The summed E-state index contributed by atoms with van der Waals surface area (Å²) in [4.78, 5) is 18.2. The molecule has 2 aliphatic heterocycles. The molecule has 0 radical (unpaired) electrons. The standard InChI is InChI=1S/C28H39N5S/c1-21(2)33-14-7-10-24(33)13-15-31(3)18-22-11-16-32(17-12-22)27-26-25(23-8-5-4-6-9-23)19-34-28(26)30-20-29-27/h4-6,8-9,19-22,24H,7,10-18H2,1-3H3. The van der Waals surface area contributed by atoms with Gasteiger partial charge in [0.2, 0.25) is 0 Å². The highest BCUT2D eigenvalue weighted by Gasteiger charge is 2.27. The van der Waals surface area contributed by atoms with Crippen molar-refractivity contribution < 1.29 is 0 Å². The van der Waals surface area contributed by atoms with Crippen LogP contribution in [0.5, 0.6) is 0 Å². The molecule has 1 unspecified atom stereocenters. The zero-order chi connectivity index (χ0) is 23.5. The predicted octanol–water partition coefficient (Wildman–Crippen LogP) is 5.77. The molecule has 2 fully saturated rings. The quantitative estimate of drug-likeness (QED) is 0.412. The van der Waals surface area contributed by atoms with Gasteiger partial charge in [0.15, 0.2) is 0 Å². The Balaban J connectivity index is 1.18. The molecule has 6 heteroatoms. The summed E-state index contributed by atoms with van der Waals surface area (Å²) >= 11 is 1.73. The summed E-state index contributed by atoms with van der Waals surface area (Å²) in [6.45, 7) is 10.6. The van der Waals surface area contributed by atoms with E-state index in [0.717, 1.165) is 35.7 Å². The molecule has 2 saturated heterocycles. The maximum atomic E-state index is 4.78. The average molecular weight is 478 g/mol. The molecular weight excluding hydrogens is 438 g/mol. The third-order valence-corrected chi connectivity index (χ3v) is 8.74. The number of anilines is 1. The molecule has 2 aliphatic rings. The van der Waals surface area contributed by atoms with Gasteiger partial charge in [-0.3, -0.25) is 4.90 Å². The van der Waals surface area contributed by atoms with Crippen LogP contribution in [-0.2, 0) is 0 Å². The average Bonchev–Trinajstić information content (AvgIpc) is 3.51. The number of rotatable bonds is 8. The smallest absolute Gasteiger partial charge is 0.141 e. The van der Waals surface area contributed by atoms with Crippen molar-refractivity contribution in [2.75, 3.05) is 44.7 Å². The van der Waals surface area contributed by atoms with Crippen LogP contribution >= 0.6 is 11.3 Å². The van der Waals surface area contributed by atoms with E-state index in [1.54, 1.807) is 17.7 Å². The van der Waals surface area contributed by atoms with Crippen LogP contribution in [0.2, 0.25) is 0 Å². The van der Waals surface area contributed by atoms with Gasteiger partial charge in [0, 0.05) is 42.7 Å². The van der Waals surface area contributed by atoms with Gasteiger partial charge in [0.1, 0.15) is 17.0 Å². The number of aromatic nitrogens is 2. The lowest BCUT2D eigenvalue weighted by Crippen LogP contribution is -2.40. The number of benzene rings is 1. The predicted molar refractivity (Wildman–Crippen MR) is 145 cm³/mol. The summed E-state index contributed by atoms with van der Waals surface area (Å²) < 4.78 is 0. The Kier molecular flexibility index (Phi) is 7.47. The number of hydrogen-bond acceptors (Lipinski definition) is 6. The van der Waals surface area contributed by atoms with Crippen LogP contribution < -0.4 is 4.90 Å². The van der Waals surface area contributed by atoms with E-state index in [9.17, 15) is 0 Å². The lowest BCUT2D eigenvalue weighted by atomic mass is 9.95. The molecule has 5 nitrogen and oxygen atoms in total. The second-order valence-corrected chi connectivity index (χ2v) is 11.4. The summed E-state index contributed by atoms with van der Waals surface area (Å²) in [5.41, 5.74) is 2.51. The molecule has 0 spiro atoms. The van der Waals surface area contributed by atoms with Gasteiger partial charge < -0.3 is 9.80 Å². The van der Waals surface area contributed by atoms with E-state index in [2.05, 4.69) is 76.3 Å². The van der Waals surface area contributed by atoms with E-state index in [1.807, 2.05) is 0 Å². The summed E-state index contributed by atoms with van der Waals surface area (Å²) in [6.07, 6.45) is 8.28. The summed E-state index contributed by atoms with van der Waals surface area (Å²) in [5, 5.41) is 3.46. The number of nitrogens with zero attached hydrogens (tertiary/aromatic N) is 5. The third kappa shape index (κ3) is 5.14. The van der Waals surface area contributed by atoms with Crippen molar-refractivity contribution in [1.82, 2.24) is 19.8 Å². The summed E-state index contributed by atoms with van der Waals surface area (Å²) in [7, 11) is 2.33. The molecule has 182 valence electrons. The first-order chi connectivity index (χ1) is 16.6. The molecule has 2 aromatic heterocycles. The topological polar surface area (TPSA) is 35.5 Å². The van der Waals surface area contributed by atoms with Gasteiger partial charge in [0.05, 0.1) is 5.39 Å². The largest absolute Gasteiger partial charge is 0.356 e. The molecule has 0 saturated carbocycles. The number of piperidine rings is 1. The van der Waals surface area contributed by atoms with E-state index >= 15 is 0 Å². The van der Waals surface area contributed by atoms with E-state index in [-0.39, 0.29) is 0 Å². The van der Waals surface area contributed by atoms with E-state index < -0.39 is 0 Å². The number of fused-ring (bicyclic) bond motifs is 1. The van der Waals surface area contributed by atoms with Gasteiger partial charge in [-0.2, -0.15) is 0 Å². The van der Waals surface area contributed by atoms with E-state index in [4.69, 9.17) is 4.98 Å². The minimum Gasteiger partial charge on any atom is -0.356 e. The minimum atomic E-state index is 0.682. The second kappa shape index (κ2) is 10.7. The Morgan fingerprint density at radius 1 is 1.06 bits per heavy atom. The fraction of sp³-hybridized carbons (Fsp3) is 0.571. The Morgan fingerprint density at radius 2 is 1.85 bits per heavy atom. The highest BCUT2D eigenvalue weighted by molar-refractivity contribution is 7.17. The van der Waals surface area contributed by atoms with E-state index in [0.29, 0.717) is 6.04 Å². The maximum Gasteiger partial charge on any atom is 0.141 e. The molecule has 34 heavy (non-hydrogen) atoms. The minimum absolute atomic E-state index is 0.682. The van der Waals surface area contributed by atoms with Gasteiger partial charge in [-0.25, -0.2) is 9.97 Å². The van der Waals surface area contributed by atoms with Crippen molar-refractivity contribution in [3.8, 4) is 11.1 Å². The summed E-state index contributed by atoms with van der Waals surface area (Å²) in [5.74, 6) is 1.89. The second-order valence-electron chi connectivity index (χ2n) is 10.5. The number of likely N-dealkylation sites (tertiary alicyclic amines) is 1. The lowest BCUT2D eigenvalue weighted by molar-refractivity contribution is 0.170. The highest BCUT2D eigenvalue weighted by Crippen LogP contribution is 2.38. The molecular formula is C28H39N5S. The van der Waals surface area contributed by atoms with Crippen molar-refractivity contribution in [2.45, 2.75) is 58.0 Å². The third-order valence-electron chi connectivity index (χ3n) is 7.85. The Morgan fingerprint density at radius 3 is 2.62 bits per heavy atom. The molecule has 0 aliphatic carbocycles. The van der Waals surface area contributed by atoms with Crippen LogP contribution in [0, 0.1) is 5.92 Å². The zero-order valence-corrected chi connectivity index (χ0v) is 21.8. The van der Waals surface area contributed by atoms with Crippen molar-refractivity contribution in [2.24, 2.45) is 5.92 Å². The van der Waals surface area contributed by atoms with Crippen LogP contribution in [0.1, 0.15) is 46.0 Å². The molecule has 0 amide bonds. The molecule has 0 bridgehead atoms. The van der Waals surface area contributed by atoms with Crippen molar-refractivity contribution in [3.05, 3.63) is 42.0 Å². The summed E-state index contributed by atoms with van der Waals surface area (Å²) in [6, 6.07) is 12.1. The Labute approximate surface area is 208 Å². The van der Waals surface area contributed by atoms with Crippen molar-refractivity contribution >= 4 is 27.4 Å². The van der Waals surface area contributed by atoms with Gasteiger partial charge >= 0.3 is 0 Å². The first-order valence-electron chi connectivity index (χ1n) is 13.1. The first-order valence-corrected chi connectivity index (χ1v) is 13.9. The molecule has 1 aromatic carbocycles.